The molecule has 0 aliphatic carbocycles. The van der Waals surface area contributed by atoms with Crippen LogP contribution < -0.4 is 0 Å². The number of aromatic nitrogens is 1. The lowest BCUT2D eigenvalue weighted by Crippen LogP contribution is -2.24. The molecular formula is C12H17FN2O. The van der Waals surface area contributed by atoms with Gasteiger partial charge in [-0.1, -0.05) is 0 Å². The third-order valence-corrected chi connectivity index (χ3v) is 3.05. The van der Waals surface area contributed by atoms with E-state index < -0.39 is 0 Å². The fourth-order valence-corrected chi connectivity index (χ4v) is 2.13. The normalized spacial score (nSPS) is 21.5. The maximum atomic E-state index is 12.7. The Kier molecular flexibility index (Phi) is 3.85. The third kappa shape index (κ3) is 2.77. The maximum absolute atomic E-state index is 12.7. The Labute approximate surface area is 95.2 Å². The molecule has 0 bridgehead atoms. The van der Waals surface area contributed by atoms with Crippen molar-refractivity contribution in [3.8, 4) is 0 Å². The monoisotopic (exact) mass is 224 g/mol. The average Bonchev–Trinajstić information content (AvgIpc) is 2.76. The summed E-state index contributed by atoms with van der Waals surface area (Å²) in [4.78, 5) is 6.50. The number of hydrogen-bond acceptors (Lipinski definition) is 3. The van der Waals surface area contributed by atoms with Gasteiger partial charge in [-0.2, -0.15) is 0 Å². The Balaban J connectivity index is 1.90. The number of nitrogens with zero attached hydrogens (tertiary/aromatic N) is 2. The molecule has 1 atom stereocenters. The van der Waals surface area contributed by atoms with Crippen LogP contribution in [0.4, 0.5) is 4.39 Å². The van der Waals surface area contributed by atoms with Crippen LogP contribution in [-0.4, -0.2) is 43.2 Å². The zero-order chi connectivity index (χ0) is 11.4. The van der Waals surface area contributed by atoms with Gasteiger partial charge in [0.25, 0.3) is 0 Å². The number of likely N-dealkylation sites (tertiary alicyclic amines) is 1. The predicted octanol–water partition coefficient (Wildman–Crippen LogP) is 1.66. The first-order chi connectivity index (χ1) is 7.79. The molecule has 0 radical (unpaired) electrons. The van der Waals surface area contributed by atoms with Gasteiger partial charge in [0.05, 0.1) is 12.8 Å². The van der Waals surface area contributed by atoms with Gasteiger partial charge < -0.3 is 9.64 Å². The summed E-state index contributed by atoms with van der Waals surface area (Å²) < 4.78 is 17.8. The molecule has 2 heterocycles. The first-order valence-electron chi connectivity index (χ1n) is 5.62. The van der Waals surface area contributed by atoms with E-state index in [-0.39, 0.29) is 5.82 Å². The van der Waals surface area contributed by atoms with Crippen molar-refractivity contribution >= 4 is 0 Å². The maximum Gasteiger partial charge on any atom is 0.141 e. The molecular weight excluding hydrogens is 207 g/mol. The van der Waals surface area contributed by atoms with Crippen LogP contribution in [0.15, 0.2) is 18.3 Å². The summed E-state index contributed by atoms with van der Waals surface area (Å²) in [5, 5.41) is 0. The zero-order valence-corrected chi connectivity index (χ0v) is 9.53. The van der Waals surface area contributed by atoms with E-state index in [4.69, 9.17) is 4.74 Å². The van der Waals surface area contributed by atoms with Crippen LogP contribution in [0.25, 0.3) is 0 Å². The summed E-state index contributed by atoms with van der Waals surface area (Å²) in [7, 11) is 1.72. The van der Waals surface area contributed by atoms with Crippen molar-refractivity contribution in [2.45, 2.75) is 12.3 Å². The van der Waals surface area contributed by atoms with Gasteiger partial charge in [0, 0.05) is 31.8 Å². The zero-order valence-electron chi connectivity index (χ0n) is 9.53. The molecule has 0 spiro atoms. The molecule has 4 heteroatoms. The number of rotatable bonds is 4. The lowest BCUT2D eigenvalue weighted by Gasteiger charge is -2.14. The van der Waals surface area contributed by atoms with Crippen LogP contribution in [-0.2, 0) is 4.74 Å². The average molecular weight is 224 g/mol. The molecule has 1 aromatic rings. The molecule has 88 valence electrons. The van der Waals surface area contributed by atoms with Crippen molar-refractivity contribution < 1.29 is 9.13 Å². The fraction of sp³-hybridized carbons (Fsp3) is 0.583. The highest BCUT2D eigenvalue weighted by molar-refractivity contribution is 5.12. The Bertz CT molecular complexity index is 328. The predicted molar refractivity (Wildman–Crippen MR) is 59.9 cm³/mol. The smallest absolute Gasteiger partial charge is 0.141 e. The first-order valence-corrected chi connectivity index (χ1v) is 5.62. The van der Waals surface area contributed by atoms with Crippen molar-refractivity contribution in [3.05, 3.63) is 29.8 Å². The molecule has 0 N–H and O–H groups in total. The number of hydrogen-bond donors (Lipinski definition) is 0. The van der Waals surface area contributed by atoms with Gasteiger partial charge in [0.2, 0.25) is 0 Å². The highest BCUT2D eigenvalue weighted by atomic mass is 19.1. The number of ether oxygens (including phenoxy) is 1. The molecule has 1 aromatic heterocycles. The lowest BCUT2D eigenvalue weighted by molar-refractivity contribution is 0.160. The van der Waals surface area contributed by atoms with Gasteiger partial charge in [0.15, 0.2) is 0 Å². The number of methoxy groups -OCH3 is 1. The Morgan fingerprint density at radius 1 is 1.56 bits per heavy atom. The van der Waals surface area contributed by atoms with E-state index in [1.54, 1.807) is 13.2 Å². The van der Waals surface area contributed by atoms with Crippen LogP contribution in [0.1, 0.15) is 18.0 Å². The van der Waals surface area contributed by atoms with Crippen molar-refractivity contribution in [1.82, 2.24) is 9.88 Å². The van der Waals surface area contributed by atoms with Crippen molar-refractivity contribution in [1.29, 1.82) is 0 Å². The van der Waals surface area contributed by atoms with E-state index in [0.717, 1.165) is 38.4 Å². The molecule has 2 rings (SSSR count). The molecule has 1 fully saturated rings. The second-order valence-electron chi connectivity index (χ2n) is 4.18. The van der Waals surface area contributed by atoms with Crippen LogP contribution in [0.3, 0.4) is 0 Å². The summed E-state index contributed by atoms with van der Waals surface area (Å²) in [6.45, 7) is 3.81. The van der Waals surface area contributed by atoms with Gasteiger partial charge in [-0.05, 0) is 25.1 Å². The van der Waals surface area contributed by atoms with Crippen LogP contribution in [0.5, 0.6) is 0 Å². The quantitative estimate of drug-likeness (QED) is 0.777. The van der Waals surface area contributed by atoms with E-state index >= 15 is 0 Å². The summed E-state index contributed by atoms with van der Waals surface area (Å²) >= 11 is 0. The van der Waals surface area contributed by atoms with Gasteiger partial charge in [-0.15, -0.1) is 0 Å². The van der Waals surface area contributed by atoms with Crippen LogP contribution >= 0.6 is 0 Å². The van der Waals surface area contributed by atoms with Crippen molar-refractivity contribution in [3.63, 3.8) is 0 Å². The Hall–Kier alpha value is -1.00. The molecule has 3 nitrogen and oxygen atoms in total. The second-order valence-corrected chi connectivity index (χ2v) is 4.18. The topological polar surface area (TPSA) is 25.4 Å². The Morgan fingerprint density at radius 2 is 2.44 bits per heavy atom. The largest absolute Gasteiger partial charge is 0.383 e. The molecule has 1 aliphatic rings. The van der Waals surface area contributed by atoms with E-state index in [2.05, 4.69) is 9.88 Å². The number of halogens is 1. The molecule has 0 amide bonds. The van der Waals surface area contributed by atoms with Crippen molar-refractivity contribution in [2.75, 3.05) is 33.4 Å². The minimum Gasteiger partial charge on any atom is -0.383 e. The standard InChI is InChI=1S/C12H17FN2O/c1-16-7-6-15-5-4-10(9-15)12-3-2-11(13)8-14-12/h2-3,8,10H,4-7,9H2,1H3. The molecule has 1 saturated heterocycles. The molecule has 16 heavy (non-hydrogen) atoms. The first kappa shape index (κ1) is 11.5. The van der Waals surface area contributed by atoms with Gasteiger partial charge in [0.1, 0.15) is 5.82 Å². The van der Waals surface area contributed by atoms with E-state index in [1.807, 2.05) is 0 Å². The highest BCUT2D eigenvalue weighted by Crippen LogP contribution is 2.25. The minimum atomic E-state index is -0.266. The van der Waals surface area contributed by atoms with E-state index in [1.165, 1.54) is 12.3 Å². The summed E-state index contributed by atoms with van der Waals surface area (Å²) in [5.74, 6) is 0.176. The highest BCUT2D eigenvalue weighted by Gasteiger charge is 2.24. The summed E-state index contributed by atoms with van der Waals surface area (Å²) in [6.07, 6.45) is 2.40. The SMILES string of the molecule is COCCN1CCC(c2ccc(F)cn2)C1. The van der Waals surface area contributed by atoms with E-state index in [0.29, 0.717) is 5.92 Å². The summed E-state index contributed by atoms with van der Waals surface area (Å²) in [6, 6.07) is 3.28. The molecule has 0 aromatic carbocycles. The molecule has 1 unspecified atom stereocenters. The minimum absolute atomic E-state index is 0.266. The Morgan fingerprint density at radius 3 is 3.12 bits per heavy atom. The van der Waals surface area contributed by atoms with Gasteiger partial charge in [-0.3, -0.25) is 4.98 Å². The summed E-state index contributed by atoms with van der Waals surface area (Å²) in [5.41, 5.74) is 1.00. The van der Waals surface area contributed by atoms with Crippen LogP contribution in [0, 0.1) is 5.82 Å². The fourth-order valence-electron chi connectivity index (χ4n) is 2.13. The van der Waals surface area contributed by atoms with Crippen LogP contribution in [0.2, 0.25) is 0 Å². The third-order valence-electron chi connectivity index (χ3n) is 3.05. The van der Waals surface area contributed by atoms with Gasteiger partial charge >= 0.3 is 0 Å². The van der Waals surface area contributed by atoms with E-state index in [9.17, 15) is 4.39 Å². The number of pyridine rings is 1. The second kappa shape index (κ2) is 5.37. The molecule has 0 saturated carbocycles. The van der Waals surface area contributed by atoms with Gasteiger partial charge in [-0.25, -0.2) is 4.39 Å². The molecule has 1 aliphatic heterocycles. The van der Waals surface area contributed by atoms with Crippen molar-refractivity contribution in [2.24, 2.45) is 0 Å². The lowest BCUT2D eigenvalue weighted by atomic mass is 10.0.